The number of carbonyl (C=O) groups excluding carboxylic acids is 1. The number of nitrogens with zero attached hydrogens (tertiary/aromatic N) is 3. The fourth-order valence-electron chi connectivity index (χ4n) is 2.70. The number of aromatic nitrogens is 2. The predicted molar refractivity (Wildman–Crippen MR) is 73.8 cm³/mol. The van der Waals surface area contributed by atoms with E-state index in [2.05, 4.69) is 17.1 Å². The van der Waals surface area contributed by atoms with Gasteiger partial charge in [-0.05, 0) is 31.7 Å². The zero-order chi connectivity index (χ0) is 14.0. The normalized spacial score (nSPS) is 23.5. The zero-order valence-electron chi connectivity index (χ0n) is 11.9. The Bertz CT molecular complexity index is 465. The molecule has 5 nitrogen and oxygen atoms in total. The maximum absolute atomic E-state index is 12.6. The van der Waals surface area contributed by atoms with Crippen LogP contribution >= 0.6 is 0 Å². The maximum Gasteiger partial charge on any atom is 0.255 e. The lowest BCUT2D eigenvalue weighted by Crippen LogP contribution is -2.49. The van der Waals surface area contributed by atoms with Gasteiger partial charge in [0.1, 0.15) is 0 Å². The molecule has 2 heterocycles. The quantitative estimate of drug-likeness (QED) is 0.868. The molecule has 2 unspecified atom stereocenters. The number of hydrogen-bond acceptors (Lipinski definition) is 4. The lowest BCUT2D eigenvalue weighted by Gasteiger charge is -2.35. The van der Waals surface area contributed by atoms with Crippen molar-refractivity contribution in [2.75, 3.05) is 13.1 Å². The first kappa shape index (κ1) is 13.9. The molecule has 1 amide bonds. The van der Waals surface area contributed by atoms with E-state index in [1.165, 1.54) is 0 Å². The maximum atomic E-state index is 12.6. The molecular weight excluding hydrogens is 240 g/mol. The second kappa shape index (κ2) is 5.65. The van der Waals surface area contributed by atoms with Crippen LogP contribution in [-0.4, -0.2) is 40.1 Å². The van der Waals surface area contributed by atoms with Crippen LogP contribution in [0.15, 0.2) is 6.07 Å². The molecule has 0 radical (unpaired) electrons. The van der Waals surface area contributed by atoms with Crippen LogP contribution in [0.4, 0.5) is 0 Å². The first-order valence-corrected chi connectivity index (χ1v) is 6.89. The topological polar surface area (TPSA) is 72.1 Å². The van der Waals surface area contributed by atoms with Crippen LogP contribution in [-0.2, 0) is 6.42 Å². The van der Waals surface area contributed by atoms with Crippen molar-refractivity contribution in [1.82, 2.24) is 15.1 Å². The van der Waals surface area contributed by atoms with Gasteiger partial charge >= 0.3 is 0 Å². The van der Waals surface area contributed by atoms with Crippen LogP contribution in [0, 0.1) is 12.8 Å². The third-order valence-corrected chi connectivity index (χ3v) is 3.54. The molecule has 1 aromatic heterocycles. The Labute approximate surface area is 114 Å². The molecule has 0 aliphatic carbocycles. The fourth-order valence-corrected chi connectivity index (χ4v) is 2.70. The second-order valence-electron chi connectivity index (χ2n) is 5.51. The van der Waals surface area contributed by atoms with Gasteiger partial charge in [-0.2, -0.15) is 10.2 Å². The molecule has 5 heteroatoms. The molecule has 0 aromatic carbocycles. The molecule has 0 bridgehead atoms. The summed E-state index contributed by atoms with van der Waals surface area (Å²) >= 11 is 0. The molecule has 2 N–H and O–H groups in total. The van der Waals surface area contributed by atoms with Gasteiger partial charge in [0.15, 0.2) is 0 Å². The van der Waals surface area contributed by atoms with E-state index in [1.54, 1.807) is 0 Å². The summed E-state index contributed by atoms with van der Waals surface area (Å²) in [7, 11) is 0. The van der Waals surface area contributed by atoms with Gasteiger partial charge in [0, 0.05) is 19.1 Å². The lowest BCUT2D eigenvalue weighted by atomic mass is 9.95. The summed E-state index contributed by atoms with van der Waals surface area (Å²) in [5, 5.41) is 8.14. The molecular formula is C14H22N4O. The van der Waals surface area contributed by atoms with Crippen LogP contribution in [0.1, 0.15) is 42.0 Å². The van der Waals surface area contributed by atoms with E-state index in [4.69, 9.17) is 5.73 Å². The first-order valence-electron chi connectivity index (χ1n) is 6.89. The molecule has 1 saturated heterocycles. The second-order valence-corrected chi connectivity index (χ2v) is 5.51. The highest BCUT2D eigenvalue weighted by molar-refractivity contribution is 5.95. The van der Waals surface area contributed by atoms with Crippen LogP contribution in [0.25, 0.3) is 0 Å². The number of hydrogen-bond donors (Lipinski definition) is 1. The number of amides is 1. The Morgan fingerprint density at radius 2 is 2.21 bits per heavy atom. The molecule has 1 fully saturated rings. The summed E-state index contributed by atoms with van der Waals surface area (Å²) < 4.78 is 0. The fraction of sp³-hybridized carbons (Fsp3) is 0.643. The van der Waals surface area contributed by atoms with Crippen molar-refractivity contribution in [2.24, 2.45) is 11.7 Å². The molecule has 0 spiro atoms. The van der Waals surface area contributed by atoms with Gasteiger partial charge in [0.2, 0.25) is 0 Å². The number of piperidine rings is 1. The van der Waals surface area contributed by atoms with Crippen molar-refractivity contribution in [3.05, 3.63) is 23.0 Å². The van der Waals surface area contributed by atoms with Gasteiger partial charge in [-0.1, -0.05) is 13.8 Å². The third kappa shape index (κ3) is 3.10. The van der Waals surface area contributed by atoms with E-state index >= 15 is 0 Å². The average molecular weight is 262 g/mol. The Balaban J connectivity index is 2.26. The van der Waals surface area contributed by atoms with E-state index in [-0.39, 0.29) is 11.9 Å². The SMILES string of the molecule is CCc1nnc(C)cc1C(=O)N1CC(C)CC(N)C1. The summed E-state index contributed by atoms with van der Waals surface area (Å²) in [6.45, 7) is 7.38. The Hall–Kier alpha value is -1.49. The number of likely N-dealkylation sites (tertiary alicyclic amines) is 1. The molecule has 2 atom stereocenters. The minimum Gasteiger partial charge on any atom is -0.337 e. The molecule has 104 valence electrons. The van der Waals surface area contributed by atoms with E-state index < -0.39 is 0 Å². The first-order chi connectivity index (χ1) is 9.01. The summed E-state index contributed by atoms with van der Waals surface area (Å²) in [5.41, 5.74) is 8.23. The highest BCUT2D eigenvalue weighted by Gasteiger charge is 2.27. The van der Waals surface area contributed by atoms with Crippen molar-refractivity contribution in [1.29, 1.82) is 0 Å². The van der Waals surface area contributed by atoms with Crippen molar-refractivity contribution in [3.63, 3.8) is 0 Å². The Morgan fingerprint density at radius 3 is 2.84 bits per heavy atom. The minimum atomic E-state index is 0.0388. The Morgan fingerprint density at radius 1 is 1.47 bits per heavy atom. The largest absolute Gasteiger partial charge is 0.337 e. The number of carbonyl (C=O) groups is 1. The molecule has 1 aliphatic heterocycles. The molecule has 0 saturated carbocycles. The number of aryl methyl sites for hydroxylation is 2. The van der Waals surface area contributed by atoms with E-state index in [9.17, 15) is 4.79 Å². The van der Waals surface area contributed by atoms with Gasteiger partial charge in [0.25, 0.3) is 5.91 Å². The smallest absolute Gasteiger partial charge is 0.255 e. The van der Waals surface area contributed by atoms with Gasteiger partial charge in [-0.15, -0.1) is 0 Å². The predicted octanol–water partition coefficient (Wildman–Crippen LogP) is 1.16. The van der Waals surface area contributed by atoms with Crippen LogP contribution < -0.4 is 5.73 Å². The lowest BCUT2D eigenvalue weighted by molar-refractivity contribution is 0.0659. The average Bonchev–Trinajstić information content (AvgIpc) is 2.36. The molecule has 2 rings (SSSR count). The number of rotatable bonds is 2. The van der Waals surface area contributed by atoms with Crippen molar-refractivity contribution in [3.8, 4) is 0 Å². The summed E-state index contributed by atoms with van der Waals surface area (Å²) in [6, 6.07) is 1.91. The van der Waals surface area contributed by atoms with Gasteiger partial charge < -0.3 is 10.6 Å². The minimum absolute atomic E-state index is 0.0388. The van der Waals surface area contributed by atoms with Crippen molar-refractivity contribution < 1.29 is 4.79 Å². The van der Waals surface area contributed by atoms with Gasteiger partial charge in [-0.3, -0.25) is 4.79 Å². The van der Waals surface area contributed by atoms with Gasteiger partial charge in [0.05, 0.1) is 17.0 Å². The molecule has 1 aromatic rings. The summed E-state index contributed by atoms with van der Waals surface area (Å²) in [4.78, 5) is 14.5. The summed E-state index contributed by atoms with van der Waals surface area (Å²) in [5.74, 6) is 0.491. The van der Waals surface area contributed by atoms with Crippen LogP contribution in [0.2, 0.25) is 0 Å². The van der Waals surface area contributed by atoms with Crippen LogP contribution in [0.5, 0.6) is 0 Å². The van der Waals surface area contributed by atoms with E-state index in [0.29, 0.717) is 24.4 Å². The van der Waals surface area contributed by atoms with E-state index in [0.717, 1.165) is 24.4 Å². The van der Waals surface area contributed by atoms with E-state index in [1.807, 2.05) is 24.8 Å². The molecule has 19 heavy (non-hydrogen) atoms. The van der Waals surface area contributed by atoms with Crippen molar-refractivity contribution in [2.45, 2.75) is 39.7 Å². The third-order valence-electron chi connectivity index (χ3n) is 3.54. The Kier molecular flexibility index (Phi) is 4.14. The van der Waals surface area contributed by atoms with Crippen LogP contribution in [0.3, 0.4) is 0 Å². The van der Waals surface area contributed by atoms with Gasteiger partial charge in [-0.25, -0.2) is 0 Å². The highest BCUT2D eigenvalue weighted by Crippen LogP contribution is 2.19. The standard InChI is InChI=1S/C14H22N4O/c1-4-13-12(6-10(3)16-17-13)14(19)18-7-9(2)5-11(15)8-18/h6,9,11H,4-5,7-8,15H2,1-3H3. The number of nitrogens with two attached hydrogens (primary N) is 1. The molecule has 1 aliphatic rings. The monoisotopic (exact) mass is 262 g/mol. The highest BCUT2D eigenvalue weighted by atomic mass is 16.2. The van der Waals surface area contributed by atoms with Crippen molar-refractivity contribution >= 4 is 5.91 Å². The zero-order valence-corrected chi connectivity index (χ0v) is 11.9. The summed E-state index contributed by atoms with van der Waals surface area (Å²) in [6.07, 6.45) is 1.70.